The molecular formula is C17H16ClFN2O2. The molecule has 1 atom stereocenters. The maximum atomic E-state index is 13.1. The van der Waals surface area contributed by atoms with E-state index in [0.29, 0.717) is 16.1 Å². The molecule has 0 fully saturated rings. The predicted molar refractivity (Wildman–Crippen MR) is 86.4 cm³/mol. The van der Waals surface area contributed by atoms with E-state index in [0.717, 1.165) is 0 Å². The lowest BCUT2D eigenvalue weighted by atomic mass is 10.0. The Morgan fingerprint density at radius 2 is 1.91 bits per heavy atom. The van der Waals surface area contributed by atoms with Gasteiger partial charge in [0.1, 0.15) is 11.9 Å². The van der Waals surface area contributed by atoms with Crippen LogP contribution in [0, 0.1) is 5.82 Å². The molecule has 0 saturated heterocycles. The van der Waals surface area contributed by atoms with E-state index in [-0.39, 0.29) is 12.8 Å². The normalized spacial score (nSPS) is 11.7. The first-order valence-electron chi connectivity index (χ1n) is 7.02. The van der Waals surface area contributed by atoms with Gasteiger partial charge in [0, 0.05) is 11.4 Å². The molecule has 2 aromatic carbocycles. The van der Waals surface area contributed by atoms with Gasteiger partial charge in [0.2, 0.25) is 11.8 Å². The summed E-state index contributed by atoms with van der Waals surface area (Å²) in [6, 6.07) is 11.9. The lowest BCUT2D eigenvalue weighted by Crippen LogP contribution is -2.46. The smallest absolute Gasteiger partial charge is 0.240 e. The van der Waals surface area contributed by atoms with Gasteiger partial charge in [-0.3, -0.25) is 9.59 Å². The Labute approximate surface area is 138 Å². The third kappa shape index (κ3) is 5.07. The molecule has 0 aromatic heterocycles. The van der Waals surface area contributed by atoms with Crippen molar-refractivity contribution in [2.45, 2.75) is 18.9 Å². The minimum atomic E-state index is -0.879. The first kappa shape index (κ1) is 17.0. The summed E-state index contributed by atoms with van der Waals surface area (Å²) in [6.45, 7) is 0. The number of hydrogen-bond donors (Lipinski definition) is 2. The SMILES string of the molecule is NC(=O)[C@H](Cc1ccccc1Cl)NC(=O)Cc1cccc(F)c1. The summed E-state index contributed by atoms with van der Waals surface area (Å²) in [4.78, 5) is 23.6. The van der Waals surface area contributed by atoms with Crippen molar-refractivity contribution in [1.82, 2.24) is 5.32 Å². The van der Waals surface area contributed by atoms with E-state index in [1.165, 1.54) is 18.2 Å². The highest BCUT2D eigenvalue weighted by molar-refractivity contribution is 6.31. The third-order valence-corrected chi connectivity index (χ3v) is 3.68. The molecule has 0 aliphatic carbocycles. The summed E-state index contributed by atoms with van der Waals surface area (Å²) < 4.78 is 13.1. The Kier molecular flexibility index (Phi) is 5.71. The van der Waals surface area contributed by atoms with Gasteiger partial charge in [0.25, 0.3) is 0 Å². The van der Waals surface area contributed by atoms with Crippen molar-refractivity contribution in [3.8, 4) is 0 Å². The summed E-state index contributed by atoms with van der Waals surface area (Å²) in [5.41, 5.74) is 6.57. The second kappa shape index (κ2) is 7.74. The molecule has 2 rings (SSSR count). The number of benzene rings is 2. The van der Waals surface area contributed by atoms with Crippen LogP contribution in [0.2, 0.25) is 5.02 Å². The summed E-state index contributed by atoms with van der Waals surface area (Å²) in [5, 5.41) is 3.06. The van der Waals surface area contributed by atoms with Crippen LogP contribution in [0.1, 0.15) is 11.1 Å². The fraction of sp³-hybridized carbons (Fsp3) is 0.176. The Hall–Kier alpha value is -2.40. The molecular weight excluding hydrogens is 319 g/mol. The quantitative estimate of drug-likeness (QED) is 0.850. The molecule has 2 amide bonds. The van der Waals surface area contributed by atoms with Crippen LogP contribution in [0.4, 0.5) is 4.39 Å². The molecule has 0 heterocycles. The van der Waals surface area contributed by atoms with Crippen LogP contribution in [-0.4, -0.2) is 17.9 Å². The highest BCUT2D eigenvalue weighted by atomic mass is 35.5. The number of halogens is 2. The zero-order valence-electron chi connectivity index (χ0n) is 12.3. The Bertz CT molecular complexity index is 721. The van der Waals surface area contributed by atoms with Gasteiger partial charge in [-0.15, -0.1) is 0 Å². The highest BCUT2D eigenvalue weighted by Gasteiger charge is 2.19. The summed E-state index contributed by atoms with van der Waals surface area (Å²) in [6.07, 6.45) is 0.161. The molecule has 23 heavy (non-hydrogen) atoms. The van der Waals surface area contributed by atoms with Crippen molar-refractivity contribution < 1.29 is 14.0 Å². The van der Waals surface area contributed by atoms with E-state index >= 15 is 0 Å². The summed E-state index contributed by atoms with van der Waals surface area (Å²) >= 11 is 6.05. The average Bonchev–Trinajstić information content (AvgIpc) is 2.48. The summed E-state index contributed by atoms with van der Waals surface area (Å²) in [5.74, 6) is -1.48. The van der Waals surface area contributed by atoms with Gasteiger partial charge < -0.3 is 11.1 Å². The van der Waals surface area contributed by atoms with Gasteiger partial charge in [-0.25, -0.2) is 4.39 Å². The lowest BCUT2D eigenvalue weighted by molar-refractivity contribution is -0.127. The zero-order chi connectivity index (χ0) is 16.8. The first-order chi connectivity index (χ1) is 11.0. The average molecular weight is 335 g/mol. The van der Waals surface area contributed by atoms with Crippen LogP contribution in [0.25, 0.3) is 0 Å². The van der Waals surface area contributed by atoms with Crippen molar-refractivity contribution in [3.05, 3.63) is 70.5 Å². The van der Waals surface area contributed by atoms with E-state index in [4.69, 9.17) is 17.3 Å². The number of primary amides is 1. The Morgan fingerprint density at radius 1 is 1.17 bits per heavy atom. The molecule has 0 spiro atoms. The van der Waals surface area contributed by atoms with E-state index in [9.17, 15) is 14.0 Å². The fourth-order valence-electron chi connectivity index (χ4n) is 2.18. The van der Waals surface area contributed by atoms with Crippen LogP contribution in [-0.2, 0) is 22.4 Å². The molecule has 120 valence electrons. The van der Waals surface area contributed by atoms with Crippen LogP contribution < -0.4 is 11.1 Å². The first-order valence-corrected chi connectivity index (χ1v) is 7.40. The van der Waals surface area contributed by atoms with E-state index in [1.54, 1.807) is 30.3 Å². The van der Waals surface area contributed by atoms with Gasteiger partial charge in [-0.05, 0) is 29.3 Å². The van der Waals surface area contributed by atoms with Crippen LogP contribution in [0.15, 0.2) is 48.5 Å². The van der Waals surface area contributed by atoms with Crippen LogP contribution in [0.3, 0.4) is 0 Å². The third-order valence-electron chi connectivity index (χ3n) is 3.31. The lowest BCUT2D eigenvalue weighted by Gasteiger charge is -2.16. The van der Waals surface area contributed by atoms with Gasteiger partial charge in [-0.1, -0.05) is 41.9 Å². The van der Waals surface area contributed by atoms with Gasteiger partial charge in [0.05, 0.1) is 6.42 Å². The monoisotopic (exact) mass is 334 g/mol. The maximum absolute atomic E-state index is 13.1. The number of carbonyl (C=O) groups is 2. The Balaban J connectivity index is 2.03. The maximum Gasteiger partial charge on any atom is 0.240 e. The molecule has 6 heteroatoms. The van der Waals surface area contributed by atoms with E-state index in [2.05, 4.69) is 5.32 Å². The highest BCUT2D eigenvalue weighted by Crippen LogP contribution is 2.16. The van der Waals surface area contributed by atoms with Gasteiger partial charge in [0.15, 0.2) is 0 Å². The standard InChI is InChI=1S/C17H16ClFN2O2/c18-14-7-2-1-5-12(14)10-15(17(20)23)21-16(22)9-11-4-3-6-13(19)8-11/h1-8,15H,9-10H2,(H2,20,23)(H,21,22)/t15-/m0/s1. The number of carbonyl (C=O) groups excluding carboxylic acids is 2. The predicted octanol–water partition coefficient (Wildman–Crippen LogP) is 2.23. The van der Waals surface area contributed by atoms with Crippen molar-refractivity contribution in [1.29, 1.82) is 0 Å². The zero-order valence-corrected chi connectivity index (χ0v) is 13.0. The molecule has 3 N–H and O–H groups in total. The molecule has 4 nitrogen and oxygen atoms in total. The minimum absolute atomic E-state index is 0.0376. The van der Waals surface area contributed by atoms with Crippen molar-refractivity contribution in [2.75, 3.05) is 0 Å². The second-order valence-electron chi connectivity index (χ2n) is 5.12. The molecule has 0 saturated carbocycles. The molecule has 0 bridgehead atoms. The number of nitrogens with two attached hydrogens (primary N) is 1. The molecule has 0 unspecified atom stereocenters. The second-order valence-corrected chi connectivity index (χ2v) is 5.53. The van der Waals surface area contributed by atoms with Crippen molar-refractivity contribution in [3.63, 3.8) is 0 Å². The van der Waals surface area contributed by atoms with Gasteiger partial charge >= 0.3 is 0 Å². The molecule has 0 radical (unpaired) electrons. The van der Waals surface area contributed by atoms with Crippen LogP contribution in [0.5, 0.6) is 0 Å². The number of nitrogens with one attached hydrogen (secondary N) is 1. The fourth-order valence-corrected chi connectivity index (χ4v) is 2.40. The van der Waals surface area contributed by atoms with Crippen molar-refractivity contribution >= 4 is 23.4 Å². The minimum Gasteiger partial charge on any atom is -0.368 e. The topological polar surface area (TPSA) is 72.2 Å². The van der Waals surface area contributed by atoms with E-state index in [1.807, 2.05) is 0 Å². The van der Waals surface area contributed by atoms with E-state index < -0.39 is 23.7 Å². The molecule has 0 aliphatic rings. The van der Waals surface area contributed by atoms with Crippen LogP contribution >= 0.6 is 11.6 Å². The largest absolute Gasteiger partial charge is 0.368 e. The molecule has 2 aromatic rings. The molecule has 0 aliphatic heterocycles. The number of amides is 2. The number of hydrogen-bond acceptors (Lipinski definition) is 2. The van der Waals surface area contributed by atoms with Gasteiger partial charge in [-0.2, -0.15) is 0 Å². The number of rotatable bonds is 6. The van der Waals surface area contributed by atoms with Crippen molar-refractivity contribution in [2.24, 2.45) is 5.73 Å². The summed E-state index contributed by atoms with van der Waals surface area (Å²) in [7, 11) is 0. The Morgan fingerprint density at radius 3 is 2.57 bits per heavy atom.